The van der Waals surface area contributed by atoms with Gasteiger partial charge in [0.15, 0.2) is 5.69 Å². The maximum absolute atomic E-state index is 12.8. The van der Waals surface area contributed by atoms with Crippen molar-refractivity contribution in [3.8, 4) is 10.6 Å². The highest BCUT2D eigenvalue weighted by Crippen LogP contribution is 2.38. The van der Waals surface area contributed by atoms with Crippen molar-refractivity contribution >= 4 is 33.2 Å². The number of carboxylic acids is 1. The average molecular weight is 366 g/mol. The molecular weight excluding hydrogens is 359 g/mol. The Hall–Kier alpha value is -1.41. The Kier molecular flexibility index (Phi) is 3.88. The van der Waals surface area contributed by atoms with Gasteiger partial charge in [0.05, 0.1) is 0 Å². The van der Waals surface area contributed by atoms with Crippen LogP contribution in [0.15, 0.2) is 22.7 Å². The van der Waals surface area contributed by atoms with Crippen LogP contribution in [-0.4, -0.2) is 16.1 Å². The molecule has 2 aromatic rings. The molecule has 0 atom stereocenters. The van der Waals surface area contributed by atoms with Crippen LogP contribution in [0.25, 0.3) is 10.6 Å². The topological polar surface area (TPSA) is 50.2 Å². The number of rotatable bonds is 2. The number of carbonyl (C=O) groups is 1. The number of aromatic carboxylic acids is 1. The van der Waals surface area contributed by atoms with E-state index < -0.39 is 22.7 Å². The molecule has 3 nitrogen and oxygen atoms in total. The standard InChI is InChI=1S/C12H7BrF3NO2S/c1-5-4-6(2-3-7(5)13)10-17-9(12(14,15)16)8(20-10)11(18)19/h2-4H,1H3,(H,18,19). The summed E-state index contributed by atoms with van der Waals surface area (Å²) >= 11 is 3.80. The molecule has 0 aliphatic rings. The SMILES string of the molecule is Cc1cc(-c2nc(C(F)(F)F)c(C(=O)O)s2)ccc1Br. The summed E-state index contributed by atoms with van der Waals surface area (Å²) in [4.78, 5) is 13.5. The smallest absolute Gasteiger partial charge is 0.435 e. The Labute approximate surface area is 124 Å². The van der Waals surface area contributed by atoms with E-state index in [0.29, 0.717) is 16.9 Å². The zero-order valence-corrected chi connectivity index (χ0v) is 12.4. The third-order valence-corrected chi connectivity index (χ3v) is 4.48. The lowest BCUT2D eigenvalue weighted by Gasteiger charge is -2.03. The molecule has 1 aromatic heterocycles. The van der Waals surface area contributed by atoms with Gasteiger partial charge >= 0.3 is 12.1 Å². The van der Waals surface area contributed by atoms with Gasteiger partial charge < -0.3 is 5.11 Å². The summed E-state index contributed by atoms with van der Waals surface area (Å²) in [6, 6.07) is 4.91. The van der Waals surface area contributed by atoms with Gasteiger partial charge in [0.1, 0.15) is 9.88 Å². The quantitative estimate of drug-likeness (QED) is 0.845. The van der Waals surface area contributed by atoms with Crippen molar-refractivity contribution in [2.24, 2.45) is 0 Å². The molecule has 0 saturated heterocycles. The number of aromatic nitrogens is 1. The van der Waals surface area contributed by atoms with Crippen molar-refractivity contribution in [2.75, 3.05) is 0 Å². The molecule has 0 unspecified atom stereocenters. The number of hydrogen-bond donors (Lipinski definition) is 1. The summed E-state index contributed by atoms with van der Waals surface area (Å²) in [5, 5.41) is 8.88. The molecule has 0 bridgehead atoms. The number of benzene rings is 1. The minimum absolute atomic E-state index is 0.0327. The minimum atomic E-state index is -4.78. The zero-order valence-electron chi connectivity index (χ0n) is 9.95. The fraction of sp³-hybridized carbons (Fsp3) is 0.167. The Balaban J connectivity index is 2.58. The second-order valence-corrected chi connectivity index (χ2v) is 5.82. The number of aryl methyl sites for hydroxylation is 1. The highest BCUT2D eigenvalue weighted by atomic mass is 79.9. The van der Waals surface area contributed by atoms with E-state index in [1.807, 2.05) is 0 Å². The second-order valence-electron chi connectivity index (χ2n) is 3.96. The third-order valence-electron chi connectivity index (χ3n) is 2.49. The molecule has 0 aliphatic carbocycles. The molecule has 1 N–H and O–H groups in total. The van der Waals surface area contributed by atoms with Crippen LogP contribution in [0.5, 0.6) is 0 Å². The van der Waals surface area contributed by atoms with Crippen LogP contribution >= 0.6 is 27.3 Å². The molecule has 2 rings (SSSR count). The zero-order chi connectivity index (χ0) is 15.1. The molecule has 1 heterocycles. The van der Waals surface area contributed by atoms with E-state index >= 15 is 0 Å². The predicted octanol–water partition coefficient (Wildman–Crippen LogP) is 4.60. The molecule has 0 spiro atoms. The molecule has 1 aromatic carbocycles. The number of halogens is 4. The van der Waals surface area contributed by atoms with Gasteiger partial charge in [-0.2, -0.15) is 13.2 Å². The number of nitrogens with zero attached hydrogens (tertiary/aromatic N) is 1. The first-order valence-corrected chi connectivity index (χ1v) is 6.89. The van der Waals surface area contributed by atoms with Crippen LogP contribution in [0, 0.1) is 6.92 Å². The average Bonchev–Trinajstić information content (AvgIpc) is 2.77. The van der Waals surface area contributed by atoms with Crippen LogP contribution < -0.4 is 0 Å². The lowest BCUT2D eigenvalue weighted by Crippen LogP contribution is -2.11. The molecule has 0 amide bonds. The van der Waals surface area contributed by atoms with E-state index in [4.69, 9.17) is 5.11 Å². The highest BCUT2D eigenvalue weighted by molar-refractivity contribution is 9.10. The van der Waals surface area contributed by atoms with Crippen molar-refractivity contribution in [1.29, 1.82) is 0 Å². The summed E-state index contributed by atoms with van der Waals surface area (Å²) < 4.78 is 39.1. The van der Waals surface area contributed by atoms with Gasteiger partial charge in [0.2, 0.25) is 0 Å². The summed E-state index contributed by atoms with van der Waals surface area (Å²) in [6.07, 6.45) is -4.78. The maximum Gasteiger partial charge on any atom is 0.435 e. The van der Waals surface area contributed by atoms with Gasteiger partial charge in [-0.1, -0.05) is 22.0 Å². The van der Waals surface area contributed by atoms with E-state index in [1.165, 1.54) is 0 Å². The Morgan fingerprint density at radius 3 is 2.50 bits per heavy atom. The fourth-order valence-electron chi connectivity index (χ4n) is 1.56. The van der Waals surface area contributed by atoms with E-state index in [0.717, 1.165) is 10.0 Å². The molecule has 0 aliphatic heterocycles. The Morgan fingerprint density at radius 1 is 1.40 bits per heavy atom. The van der Waals surface area contributed by atoms with Crippen molar-refractivity contribution in [3.63, 3.8) is 0 Å². The molecule has 0 fully saturated rings. The minimum Gasteiger partial charge on any atom is -0.477 e. The third kappa shape index (κ3) is 2.85. The monoisotopic (exact) mass is 365 g/mol. The summed E-state index contributed by atoms with van der Waals surface area (Å²) in [5.74, 6) is -1.63. The van der Waals surface area contributed by atoms with E-state index in [1.54, 1.807) is 25.1 Å². The number of carboxylic acid groups (broad SMARTS) is 1. The lowest BCUT2D eigenvalue weighted by molar-refractivity contribution is -0.141. The highest BCUT2D eigenvalue weighted by Gasteiger charge is 2.39. The Bertz CT molecular complexity index is 682. The molecule has 0 saturated carbocycles. The molecule has 8 heteroatoms. The number of hydrogen-bond acceptors (Lipinski definition) is 3. The van der Waals surface area contributed by atoms with Crippen LogP contribution in [-0.2, 0) is 6.18 Å². The van der Waals surface area contributed by atoms with Crippen molar-refractivity contribution in [3.05, 3.63) is 38.8 Å². The second kappa shape index (κ2) is 5.17. The van der Waals surface area contributed by atoms with Gasteiger partial charge in [-0.25, -0.2) is 9.78 Å². The van der Waals surface area contributed by atoms with Crippen molar-refractivity contribution in [1.82, 2.24) is 4.98 Å². The molecule has 106 valence electrons. The summed E-state index contributed by atoms with van der Waals surface area (Å²) in [5.41, 5.74) is -0.0811. The normalized spacial score (nSPS) is 11.7. The van der Waals surface area contributed by atoms with Gasteiger partial charge in [0, 0.05) is 10.0 Å². The number of thiazole rings is 1. The molecular formula is C12H7BrF3NO2S. The van der Waals surface area contributed by atoms with E-state index in [9.17, 15) is 18.0 Å². The summed E-state index contributed by atoms with van der Waals surface area (Å²) in [7, 11) is 0. The first-order valence-electron chi connectivity index (χ1n) is 5.28. The lowest BCUT2D eigenvalue weighted by atomic mass is 10.1. The van der Waals surface area contributed by atoms with Crippen LogP contribution in [0.4, 0.5) is 13.2 Å². The summed E-state index contributed by atoms with van der Waals surface area (Å²) in [6.45, 7) is 1.78. The van der Waals surface area contributed by atoms with Gasteiger partial charge in [-0.15, -0.1) is 11.3 Å². The van der Waals surface area contributed by atoms with Crippen LogP contribution in [0.3, 0.4) is 0 Å². The molecule has 0 radical (unpaired) electrons. The van der Waals surface area contributed by atoms with Crippen molar-refractivity contribution in [2.45, 2.75) is 13.1 Å². The fourth-order valence-corrected chi connectivity index (χ4v) is 2.73. The van der Waals surface area contributed by atoms with Gasteiger partial charge in [0.25, 0.3) is 0 Å². The predicted molar refractivity (Wildman–Crippen MR) is 71.9 cm³/mol. The first-order chi connectivity index (χ1) is 9.20. The van der Waals surface area contributed by atoms with E-state index in [2.05, 4.69) is 20.9 Å². The first kappa shape index (κ1) is 15.0. The van der Waals surface area contributed by atoms with Gasteiger partial charge in [-0.05, 0) is 24.6 Å². The number of alkyl halides is 3. The Morgan fingerprint density at radius 2 is 2.05 bits per heavy atom. The van der Waals surface area contributed by atoms with Crippen molar-refractivity contribution < 1.29 is 23.1 Å². The molecule has 20 heavy (non-hydrogen) atoms. The van der Waals surface area contributed by atoms with Crippen LogP contribution in [0.2, 0.25) is 0 Å². The van der Waals surface area contributed by atoms with E-state index in [-0.39, 0.29) is 5.01 Å². The maximum atomic E-state index is 12.8. The van der Waals surface area contributed by atoms with Crippen LogP contribution in [0.1, 0.15) is 20.9 Å². The largest absolute Gasteiger partial charge is 0.477 e. The van der Waals surface area contributed by atoms with Gasteiger partial charge in [-0.3, -0.25) is 0 Å².